The van der Waals surface area contributed by atoms with E-state index in [1.807, 2.05) is 54.6 Å². The first-order valence-corrected chi connectivity index (χ1v) is 10.7. The first-order chi connectivity index (χ1) is 12.9. The van der Waals surface area contributed by atoms with E-state index in [1.54, 1.807) is 18.3 Å². The van der Waals surface area contributed by atoms with Crippen LogP contribution in [-0.2, 0) is 16.3 Å². The van der Waals surface area contributed by atoms with Crippen molar-refractivity contribution in [3.8, 4) is 0 Å². The van der Waals surface area contributed by atoms with E-state index in [2.05, 4.69) is 4.98 Å². The Hall–Kier alpha value is -2.79. The SMILES string of the molecule is CS(=O)(=O)/C=C/[C@@H](CC(=O)c1cccc2cccnc12)Cc1ccccc1. The fraction of sp³-hybridized carbons (Fsp3) is 0.182. The standard InChI is InChI=1S/C22H21NO3S/c1-27(25,26)14-12-18(15-17-7-3-2-4-8-17)16-21(24)20-11-5-9-19-10-6-13-23-22(19)20/h2-14,18H,15-16H2,1H3/b14-12+/t18-/m1/s1. The Bertz CT molecular complexity index is 1070. The zero-order valence-electron chi connectivity index (χ0n) is 15.1. The van der Waals surface area contributed by atoms with Gasteiger partial charge in [-0.05, 0) is 30.0 Å². The molecule has 0 bridgehead atoms. The van der Waals surface area contributed by atoms with Gasteiger partial charge in [0.2, 0.25) is 0 Å². The number of fused-ring (bicyclic) bond motifs is 1. The van der Waals surface area contributed by atoms with Crippen molar-refractivity contribution in [2.24, 2.45) is 5.92 Å². The van der Waals surface area contributed by atoms with Crippen LogP contribution in [-0.4, -0.2) is 25.4 Å². The molecule has 27 heavy (non-hydrogen) atoms. The van der Waals surface area contributed by atoms with Gasteiger partial charge in [-0.1, -0.05) is 54.6 Å². The van der Waals surface area contributed by atoms with Gasteiger partial charge in [0.1, 0.15) is 0 Å². The van der Waals surface area contributed by atoms with Crippen LogP contribution >= 0.6 is 0 Å². The van der Waals surface area contributed by atoms with Gasteiger partial charge < -0.3 is 0 Å². The number of pyridine rings is 1. The van der Waals surface area contributed by atoms with E-state index in [4.69, 9.17) is 0 Å². The van der Waals surface area contributed by atoms with Crippen LogP contribution in [0, 0.1) is 5.92 Å². The maximum atomic E-state index is 13.0. The Kier molecular flexibility index (Phi) is 5.81. The molecule has 0 unspecified atom stereocenters. The van der Waals surface area contributed by atoms with Crippen molar-refractivity contribution in [1.82, 2.24) is 4.98 Å². The second kappa shape index (κ2) is 8.27. The van der Waals surface area contributed by atoms with E-state index < -0.39 is 9.84 Å². The van der Waals surface area contributed by atoms with Crippen molar-refractivity contribution in [2.45, 2.75) is 12.8 Å². The fourth-order valence-electron chi connectivity index (χ4n) is 3.06. The highest BCUT2D eigenvalue weighted by molar-refractivity contribution is 7.93. The molecule has 0 radical (unpaired) electrons. The van der Waals surface area contributed by atoms with E-state index in [1.165, 1.54) is 5.41 Å². The van der Waals surface area contributed by atoms with Crippen LogP contribution in [0.2, 0.25) is 0 Å². The summed E-state index contributed by atoms with van der Waals surface area (Å²) in [6, 6.07) is 19.0. The third-order valence-electron chi connectivity index (χ3n) is 4.32. The molecule has 1 heterocycles. The Morgan fingerprint density at radius 1 is 1.04 bits per heavy atom. The summed E-state index contributed by atoms with van der Waals surface area (Å²) in [4.78, 5) is 17.3. The number of sulfone groups is 1. The van der Waals surface area contributed by atoms with E-state index in [0.29, 0.717) is 17.5 Å². The van der Waals surface area contributed by atoms with E-state index in [-0.39, 0.29) is 18.1 Å². The molecular weight excluding hydrogens is 358 g/mol. The Morgan fingerprint density at radius 2 is 1.78 bits per heavy atom. The molecule has 5 heteroatoms. The smallest absolute Gasteiger partial charge is 0.168 e. The lowest BCUT2D eigenvalue weighted by Gasteiger charge is -2.13. The molecule has 0 aliphatic heterocycles. The third kappa shape index (κ3) is 5.34. The number of carbonyl (C=O) groups is 1. The molecule has 2 aromatic carbocycles. The van der Waals surface area contributed by atoms with Gasteiger partial charge >= 0.3 is 0 Å². The molecule has 3 aromatic rings. The maximum Gasteiger partial charge on any atom is 0.168 e. The van der Waals surface area contributed by atoms with Gasteiger partial charge in [-0.3, -0.25) is 9.78 Å². The van der Waals surface area contributed by atoms with Crippen molar-refractivity contribution >= 4 is 26.5 Å². The normalized spacial score (nSPS) is 13.1. The van der Waals surface area contributed by atoms with Crippen LogP contribution < -0.4 is 0 Å². The molecule has 1 atom stereocenters. The second-order valence-electron chi connectivity index (χ2n) is 6.62. The summed E-state index contributed by atoms with van der Waals surface area (Å²) in [5.74, 6) is -0.257. The molecule has 4 nitrogen and oxygen atoms in total. The first-order valence-electron chi connectivity index (χ1n) is 8.71. The van der Waals surface area contributed by atoms with Crippen LogP contribution in [0.15, 0.2) is 78.3 Å². The number of allylic oxidation sites excluding steroid dienone is 1. The predicted molar refractivity (Wildman–Crippen MR) is 108 cm³/mol. The number of nitrogens with zero attached hydrogens (tertiary/aromatic N) is 1. The zero-order valence-corrected chi connectivity index (χ0v) is 15.9. The Balaban J connectivity index is 1.88. The number of aromatic nitrogens is 1. The third-order valence-corrected chi connectivity index (χ3v) is 4.97. The molecule has 0 N–H and O–H groups in total. The minimum Gasteiger partial charge on any atom is -0.294 e. The maximum absolute atomic E-state index is 13.0. The molecule has 0 amide bonds. The molecule has 0 spiro atoms. The number of Topliss-reactive ketones (excluding diaryl/α,β-unsaturated/α-hetero) is 1. The topological polar surface area (TPSA) is 64.1 Å². The predicted octanol–water partition coefficient (Wildman–Crippen LogP) is 4.22. The lowest BCUT2D eigenvalue weighted by molar-refractivity contribution is 0.0970. The average Bonchev–Trinajstić information content (AvgIpc) is 2.66. The highest BCUT2D eigenvalue weighted by Gasteiger charge is 2.17. The van der Waals surface area contributed by atoms with Crippen LogP contribution in [0.25, 0.3) is 10.9 Å². The summed E-state index contributed by atoms with van der Waals surface area (Å²) in [7, 11) is -3.25. The minimum atomic E-state index is -3.25. The van der Waals surface area contributed by atoms with Gasteiger partial charge in [-0.15, -0.1) is 0 Å². The summed E-state index contributed by atoms with van der Waals surface area (Å²) >= 11 is 0. The van der Waals surface area contributed by atoms with Crippen LogP contribution in [0.4, 0.5) is 0 Å². The lowest BCUT2D eigenvalue weighted by Crippen LogP contribution is -2.11. The largest absolute Gasteiger partial charge is 0.294 e. The quantitative estimate of drug-likeness (QED) is 0.577. The number of hydrogen-bond acceptors (Lipinski definition) is 4. The number of hydrogen-bond donors (Lipinski definition) is 0. The summed E-state index contributed by atoms with van der Waals surface area (Å²) in [6.07, 6.45) is 5.26. The minimum absolute atomic E-state index is 0.0432. The summed E-state index contributed by atoms with van der Waals surface area (Å²) < 4.78 is 23.1. The number of ketones is 1. The zero-order chi connectivity index (χ0) is 19.3. The van der Waals surface area contributed by atoms with Gasteiger partial charge in [0.05, 0.1) is 5.52 Å². The van der Waals surface area contributed by atoms with Crippen molar-refractivity contribution < 1.29 is 13.2 Å². The summed E-state index contributed by atoms with van der Waals surface area (Å²) in [6.45, 7) is 0. The highest BCUT2D eigenvalue weighted by atomic mass is 32.2. The first kappa shape index (κ1) is 19.0. The molecule has 3 rings (SSSR count). The molecule has 0 aliphatic rings. The summed E-state index contributed by atoms with van der Waals surface area (Å²) in [5.41, 5.74) is 2.30. The second-order valence-corrected chi connectivity index (χ2v) is 8.55. The molecule has 1 aromatic heterocycles. The van der Waals surface area contributed by atoms with Gasteiger partial charge in [-0.25, -0.2) is 8.42 Å². The van der Waals surface area contributed by atoms with Gasteiger partial charge in [-0.2, -0.15) is 0 Å². The number of benzene rings is 2. The molecule has 0 saturated carbocycles. The average molecular weight is 379 g/mol. The molecule has 0 aliphatic carbocycles. The van der Waals surface area contributed by atoms with E-state index in [0.717, 1.165) is 17.2 Å². The number of rotatable bonds is 7. The van der Waals surface area contributed by atoms with Gasteiger partial charge in [0, 0.05) is 35.2 Å². The van der Waals surface area contributed by atoms with Crippen molar-refractivity contribution in [2.75, 3.05) is 6.26 Å². The van der Waals surface area contributed by atoms with Crippen molar-refractivity contribution in [3.63, 3.8) is 0 Å². The van der Waals surface area contributed by atoms with E-state index in [9.17, 15) is 13.2 Å². The van der Waals surface area contributed by atoms with E-state index >= 15 is 0 Å². The van der Waals surface area contributed by atoms with Crippen LogP contribution in [0.5, 0.6) is 0 Å². The Labute approximate surface area is 159 Å². The highest BCUT2D eigenvalue weighted by Crippen LogP contribution is 2.22. The summed E-state index contributed by atoms with van der Waals surface area (Å²) in [5, 5.41) is 2.10. The van der Waals surface area contributed by atoms with Gasteiger partial charge in [0.15, 0.2) is 15.6 Å². The van der Waals surface area contributed by atoms with Crippen LogP contribution in [0.3, 0.4) is 0 Å². The van der Waals surface area contributed by atoms with Crippen molar-refractivity contribution in [3.05, 3.63) is 89.5 Å². The lowest BCUT2D eigenvalue weighted by atomic mass is 9.91. The number of carbonyl (C=O) groups excluding carboxylic acids is 1. The molecule has 0 saturated heterocycles. The fourth-order valence-corrected chi connectivity index (χ4v) is 3.56. The van der Waals surface area contributed by atoms with Crippen LogP contribution in [0.1, 0.15) is 22.3 Å². The molecule has 138 valence electrons. The number of para-hydroxylation sites is 1. The molecular formula is C22H21NO3S. The Morgan fingerprint density at radius 3 is 2.52 bits per heavy atom. The van der Waals surface area contributed by atoms with Gasteiger partial charge in [0.25, 0.3) is 0 Å². The molecule has 0 fully saturated rings. The monoisotopic (exact) mass is 379 g/mol. The van der Waals surface area contributed by atoms with Crippen molar-refractivity contribution in [1.29, 1.82) is 0 Å².